The number of amides is 3. The van der Waals surface area contributed by atoms with Gasteiger partial charge in [0.15, 0.2) is 0 Å². The second-order valence-corrected chi connectivity index (χ2v) is 14.0. The number of rotatable bonds is 4. The summed E-state index contributed by atoms with van der Waals surface area (Å²) in [5, 5.41) is 13.0. The predicted molar refractivity (Wildman–Crippen MR) is 168 cm³/mol. The van der Waals surface area contributed by atoms with Crippen molar-refractivity contribution in [3.63, 3.8) is 0 Å². The minimum Gasteiger partial charge on any atom is -0.444 e. The lowest BCUT2D eigenvalue weighted by molar-refractivity contribution is -0.127. The summed E-state index contributed by atoms with van der Waals surface area (Å²) < 4.78 is 24.7. The second kappa shape index (κ2) is 13.8. The van der Waals surface area contributed by atoms with E-state index in [0.29, 0.717) is 29.6 Å². The van der Waals surface area contributed by atoms with Crippen molar-refractivity contribution in [3.05, 3.63) is 45.9 Å². The molecule has 1 unspecified atom stereocenters. The smallest absolute Gasteiger partial charge is 0.411 e. The molecule has 4 heterocycles. The highest BCUT2D eigenvalue weighted by atomic mass is 32.1. The van der Waals surface area contributed by atoms with E-state index in [0.717, 1.165) is 56.6 Å². The number of fused-ring (bicyclic) bond motifs is 3. The summed E-state index contributed by atoms with van der Waals surface area (Å²) in [4.78, 5) is 43.9. The summed E-state index contributed by atoms with van der Waals surface area (Å²) in [5.41, 5.74) is 1.76. The van der Waals surface area contributed by atoms with Crippen LogP contribution < -0.4 is 5.32 Å². The highest BCUT2D eigenvalue weighted by molar-refractivity contribution is 7.12. The van der Waals surface area contributed by atoms with Crippen LogP contribution in [-0.2, 0) is 14.3 Å². The van der Waals surface area contributed by atoms with Crippen LogP contribution in [0, 0.1) is 30.0 Å². The topological polar surface area (TPSA) is 115 Å². The van der Waals surface area contributed by atoms with E-state index >= 15 is 0 Å². The summed E-state index contributed by atoms with van der Waals surface area (Å²) in [5.74, 6) is -0.213. The van der Waals surface area contributed by atoms with E-state index < -0.39 is 17.7 Å². The van der Waals surface area contributed by atoms with Gasteiger partial charge in [-0.05, 0) is 87.1 Å². The maximum atomic E-state index is 13.8. The fourth-order valence-corrected chi connectivity index (χ4v) is 7.48. The molecule has 10 nitrogen and oxygen atoms in total. The lowest BCUT2D eigenvalue weighted by atomic mass is 9.98. The number of piperidine rings is 1. The number of morpholine rings is 1. The molecule has 1 aromatic carbocycles. The first-order valence-electron chi connectivity index (χ1n) is 15.6. The fourth-order valence-electron chi connectivity index (χ4n) is 6.59. The average molecular weight is 640 g/mol. The number of ether oxygens (including phenoxy) is 2. The summed E-state index contributed by atoms with van der Waals surface area (Å²) in [6, 6.07) is 8.86. The van der Waals surface area contributed by atoms with Gasteiger partial charge < -0.3 is 19.7 Å². The molecule has 3 saturated heterocycles. The number of benzene rings is 1. The Bertz CT molecular complexity index is 1450. The number of piperazine rings is 1. The van der Waals surface area contributed by atoms with Gasteiger partial charge in [-0.1, -0.05) is 12.1 Å². The van der Waals surface area contributed by atoms with Crippen molar-refractivity contribution in [2.24, 2.45) is 5.92 Å². The SMILES string of the molecule is CC(C)(C)OC(=O)N1[C@@H]2CC[C@@H](C2)[C@H]1C(=O)NCC#N.Cc1ccc(-c2csc(C(=O)N3CCN4CCOCC4C3)c2)cc1F. The number of carbonyl (C=O) groups excluding carboxylic acids is 3. The minimum atomic E-state index is -0.577. The predicted octanol–water partition coefficient (Wildman–Crippen LogP) is 4.43. The molecule has 3 amide bonds. The number of nitrogens with zero attached hydrogens (tertiary/aromatic N) is 4. The van der Waals surface area contributed by atoms with Crippen molar-refractivity contribution < 1.29 is 28.2 Å². The van der Waals surface area contributed by atoms with Gasteiger partial charge in [-0.2, -0.15) is 5.26 Å². The molecule has 1 aromatic heterocycles. The monoisotopic (exact) mass is 639 g/mol. The van der Waals surface area contributed by atoms with Crippen LogP contribution >= 0.6 is 11.3 Å². The molecule has 2 bridgehead atoms. The molecular formula is C33H42FN5O5S. The average Bonchev–Trinajstić information content (AvgIpc) is 3.77. The number of likely N-dealkylation sites (tertiary alicyclic amines) is 1. The highest BCUT2D eigenvalue weighted by Crippen LogP contribution is 2.43. The van der Waals surface area contributed by atoms with E-state index in [2.05, 4.69) is 10.2 Å². The van der Waals surface area contributed by atoms with Crippen LogP contribution in [0.25, 0.3) is 11.1 Å². The normalized spacial score (nSPS) is 24.3. The van der Waals surface area contributed by atoms with Crippen LogP contribution in [0.1, 0.15) is 55.3 Å². The molecule has 1 N–H and O–H groups in total. The largest absolute Gasteiger partial charge is 0.444 e. The van der Waals surface area contributed by atoms with Gasteiger partial charge in [0.2, 0.25) is 5.91 Å². The summed E-state index contributed by atoms with van der Waals surface area (Å²) >= 11 is 1.43. The first-order chi connectivity index (χ1) is 21.4. The number of thiophene rings is 1. The second-order valence-electron chi connectivity index (χ2n) is 13.1. The Morgan fingerprint density at radius 3 is 2.67 bits per heavy atom. The zero-order valence-electron chi connectivity index (χ0n) is 26.4. The summed E-state index contributed by atoms with van der Waals surface area (Å²) in [7, 11) is 0. The quantitative estimate of drug-likeness (QED) is 0.492. The van der Waals surface area contributed by atoms with Gasteiger partial charge in [0, 0.05) is 32.2 Å². The third kappa shape index (κ3) is 7.65. The third-order valence-electron chi connectivity index (χ3n) is 8.84. The maximum Gasteiger partial charge on any atom is 0.411 e. The molecule has 1 saturated carbocycles. The number of nitriles is 1. The Morgan fingerprint density at radius 1 is 1.13 bits per heavy atom. The Hall–Kier alpha value is -3.53. The Kier molecular flexibility index (Phi) is 10.1. The molecule has 45 heavy (non-hydrogen) atoms. The van der Waals surface area contributed by atoms with Crippen LogP contribution in [0.5, 0.6) is 0 Å². The molecular weight excluding hydrogens is 597 g/mol. The van der Waals surface area contributed by atoms with Crippen molar-refractivity contribution in [1.29, 1.82) is 5.26 Å². The zero-order valence-corrected chi connectivity index (χ0v) is 27.2. The zero-order chi connectivity index (χ0) is 32.3. The minimum absolute atomic E-state index is 0.0329. The van der Waals surface area contributed by atoms with E-state index in [-0.39, 0.29) is 36.1 Å². The molecule has 0 radical (unpaired) electrons. The number of aryl methyl sites for hydroxylation is 1. The molecule has 0 spiro atoms. The molecule has 6 rings (SSSR count). The lowest BCUT2D eigenvalue weighted by Crippen LogP contribution is -2.59. The van der Waals surface area contributed by atoms with E-state index in [4.69, 9.17) is 14.7 Å². The molecule has 242 valence electrons. The van der Waals surface area contributed by atoms with Crippen LogP contribution in [0.3, 0.4) is 0 Å². The van der Waals surface area contributed by atoms with E-state index in [1.165, 1.54) is 17.4 Å². The van der Waals surface area contributed by atoms with Crippen LogP contribution in [-0.4, -0.2) is 102 Å². The first-order valence-corrected chi connectivity index (χ1v) is 16.4. The Labute approximate surface area is 268 Å². The van der Waals surface area contributed by atoms with E-state index in [9.17, 15) is 18.8 Å². The molecule has 12 heteroatoms. The van der Waals surface area contributed by atoms with E-state index in [1.54, 1.807) is 17.9 Å². The molecule has 4 aliphatic rings. The van der Waals surface area contributed by atoms with Crippen molar-refractivity contribution in [2.75, 3.05) is 45.9 Å². The molecule has 3 aliphatic heterocycles. The molecule has 1 aliphatic carbocycles. The number of nitrogens with one attached hydrogen (secondary N) is 1. The van der Waals surface area contributed by atoms with Gasteiger partial charge in [0.05, 0.1) is 30.2 Å². The number of halogens is 1. The van der Waals surface area contributed by atoms with Gasteiger partial charge >= 0.3 is 6.09 Å². The van der Waals surface area contributed by atoms with Crippen LogP contribution in [0.2, 0.25) is 0 Å². The highest BCUT2D eigenvalue weighted by Gasteiger charge is 2.52. The third-order valence-corrected chi connectivity index (χ3v) is 9.76. The molecule has 2 aromatic rings. The standard InChI is InChI=1S/C19H21FN2O2S.C14H21N3O3/c1-13-2-3-14(8-17(13)20)15-9-18(25-12-15)19(23)22-5-4-21-6-7-24-11-16(21)10-22;1-14(2,3)20-13(19)17-10-5-4-9(8-10)11(17)12(18)16-7-6-15/h2-3,8-9,12,16H,4-7,10-11H2,1H3;9-11H,4-5,7-8H2,1-3H3,(H,16,18)/t;9-,10+,11-/m.0/s1. The molecule has 4 atom stereocenters. The van der Waals surface area contributed by atoms with Crippen LogP contribution in [0.4, 0.5) is 9.18 Å². The number of hydrogen-bond acceptors (Lipinski definition) is 8. The van der Waals surface area contributed by atoms with Gasteiger partial charge in [0.25, 0.3) is 5.91 Å². The Balaban J connectivity index is 0.000000183. The summed E-state index contributed by atoms with van der Waals surface area (Å²) in [6.07, 6.45) is 2.30. The van der Waals surface area contributed by atoms with E-state index in [1.807, 2.05) is 49.3 Å². The van der Waals surface area contributed by atoms with Gasteiger partial charge in [-0.25, -0.2) is 9.18 Å². The van der Waals surface area contributed by atoms with Crippen LogP contribution in [0.15, 0.2) is 29.6 Å². The maximum absolute atomic E-state index is 13.8. The van der Waals surface area contributed by atoms with Gasteiger partial charge in [-0.3, -0.25) is 19.4 Å². The fraction of sp³-hybridized carbons (Fsp3) is 0.576. The Morgan fingerprint density at radius 2 is 1.93 bits per heavy atom. The number of carbonyl (C=O) groups is 3. The van der Waals surface area contributed by atoms with Gasteiger partial charge in [0.1, 0.15) is 24.0 Å². The summed E-state index contributed by atoms with van der Waals surface area (Å²) in [6.45, 7) is 11.9. The lowest BCUT2D eigenvalue weighted by Gasteiger charge is -2.43. The van der Waals surface area contributed by atoms with Crippen molar-refractivity contribution >= 4 is 29.2 Å². The number of hydrogen-bond donors (Lipinski definition) is 1. The first kappa shape index (κ1) is 32.9. The van der Waals surface area contributed by atoms with Crippen molar-refractivity contribution in [2.45, 2.75) is 70.7 Å². The van der Waals surface area contributed by atoms with Crippen molar-refractivity contribution in [1.82, 2.24) is 20.0 Å². The molecule has 4 fully saturated rings. The van der Waals surface area contributed by atoms with Gasteiger partial charge in [-0.15, -0.1) is 11.3 Å². The van der Waals surface area contributed by atoms with Crippen molar-refractivity contribution in [3.8, 4) is 17.2 Å².